The van der Waals surface area contributed by atoms with Crippen molar-refractivity contribution >= 4 is 25.4 Å². The van der Waals surface area contributed by atoms with Gasteiger partial charge in [-0.2, -0.15) is 0 Å². The number of urea groups is 1. The Morgan fingerprint density at radius 1 is 1.05 bits per heavy atom. The molecule has 19 heavy (non-hydrogen) atoms. The molecule has 1 aliphatic rings. The molecule has 0 saturated carbocycles. The van der Waals surface area contributed by atoms with Gasteiger partial charge in [0.1, 0.15) is 5.41 Å². The van der Waals surface area contributed by atoms with Crippen LogP contribution in [-0.2, 0) is 23.2 Å². The monoisotopic (exact) mass is 292 g/mol. The minimum Gasteiger partial charge on any atom is -0.309 e. The Bertz CT molecular complexity index is 419. The molecule has 2 N–H and O–H groups in total. The highest BCUT2D eigenvalue weighted by atomic mass is 31.2. The fourth-order valence-electron chi connectivity index (χ4n) is 1.67. The molecule has 1 heterocycles. The lowest BCUT2D eigenvalue weighted by molar-refractivity contribution is -0.141. The molecular weight excluding hydrogens is 275 g/mol. The minimum absolute atomic E-state index is 0.121. The van der Waals surface area contributed by atoms with Crippen molar-refractivity contribution in [3.05, 3.63) is 0 Å². The molecule has 0 aromatic carbocycles. The van der Waals surface area contributed by atoms with E-state index in [1.165, 1.54) is 6.92 Å². The fourth-order valence-corrected chi connectivity index (χ4v) is 3.78. The third kappa shape index (κ3) is 3.40. The van der Waals surface area contributed by atoms with Crippen LogP contribution in [0.5, 0.6) is 0 Å². The van der Waals surface area contributed by atoms with Gasteiger partial charge in [-0.3, -0.25) is 24.8 Å². The van der Waals surface area contributed by atoms with Gasteiger partial charge in [-0.25, -0.2) is 4.79 Å². The summed E-state index contributed by atoms with van der Waals surface area (Å²) < 4.78 is 22.5. The molecule has 0 aromatic heterocycles. The predicted octanol–water partition coefficient (Wildman–Crippen LogP) is 0.625. The highest BCUT2D eigenvalue weighted by Crippen LogP contribution is 2.52. The van der Waals surface area contributed by atoms with E-state index in [1.807, 2.05) is 10.6 Å². The number of rotatable bonds is 6. The lowest BCUT2D eigenvalue weighted by Crippen LogP contribution is -2.62. The van der Waals surface area contributed by atoms with Gasteiger partial charge >= 0.3 is 13.6 Å². The summed E-state index contributed by atoms with van der Waals surface area (Å²) in [5.41, 5.74) is -1.67. The fraction of sp³-hybridized carbons (Fsp3) is 0.700. The number of carbonyl (C=O) groups is 3. The SMILES string of the molecule is CCOP(=O)(CC1(C)C(=O)NC(=O)NC1=O)OCC. The summed E-state index contributed by atoms with van der Waals surface area (Å²) in [6.45, 7) is 4.77. The quantitative estimate of drug-likeness (QED) is 0.548. The largest absolute Gasteiger partial charge is 0.332 e. The number of hydrogen-bond donors (Lipinski definition) is 2. The minimum atomic E-state index is -3.58. The number of nitrogens with one attached hydrogen (secondary N) is 2. The molecule has 9 heteroatoms. The first-order valence-electron chi connectivity index (χ1n) is 5.82. The van der Waals surface area contributed by atoms with Gasteiger partial charge in [0.15, 0.2) is 0 Å². The maximum absolute atomic E-state index is 12.4. The van der Waals surface area contributed by atoms with Crippen LogP contribution in [0.2, 0.25) is 0 Å². The number of imide groups is 2. The van der Waals surface area contributed by atoms with Crippen molar-refractivity contribution in [2.45, 2.75) is 20.8 Å². The molecule has 0 spiro atoms. The smallest absolute Gasteiger partial charge is 0.309 e. The van der Waals surface area contributed by atoms with E-state index >= 15 is 0 Å². The predicted molar refractivity (Wildman–Crippen MR) is 65.5 cm³/mol. The number of barbiturate groups is 1. The summed E-state index contributed by atoms with van der Waals surface area (Å²) in [5, 5.41) is 3.93. The van der Waals surface area contributed by atoms with Crippen LogP contribution in [0.1, 0.15) is 20.8 Å². The molecule has 1 saturated heterocycles. The van der Waals surface area contributed by atoms with Crippen LogP contribution in [0.25, 0.3) is 0 Å². The van der Waals surface area contributed by atoms with Crippen molar-refractivity contribution in [3.63, 3.8) is 0 Å². The Kier molecular flexibility index (Phi) is 4.84. The second-order valence-electron chi connectivity index (χ2n) is 4.17. The molecule has 8 nitrogen and oxygen atoms in total. The van der Waals surface area contributed by atoms with Gasteiger partial charge in [0.25, 0.3) is 0 Å². The molecule has 0 radical (unpaired) electrons. The van der Waals surface area contributed by atoms with E-state index in [4.69, 9.17) is 9.05 Å². The Balaban J connectivity index is 2.99. The Morgan fingerprint density at radius 2 is 1.47 bits per heavy atom. The number of carbonyl (C=O) groups excluding carboxylic acids is 3. The molecule has 0 aromatic rings. The van der Waals surface area contributed by atoms with Gasteiger partial charge in [0.2, 0.25) is 11.8 Å². The van der Waals surface area contributed by atoms with Gasteiger partial charge < -0.3 is 9.05 Å². The summed E-state index contributed by atoms with van der Waals surface area (Å²) in [4.78, 5) is 34.6. The summed E-state index contributed by atoms with van der Waals surface area (Å²) >= 11 is 0. The van der Waals surface area contributed by atoms with Crippen LogP contribution >= 0.6 is 7.60 Å². The van der Waals surface area contributed by atoms with Crippen molar-refractivity contribution in [1.29, 1.82) is 0 Å². The number of hydrogen-bond acceptors (Lipinski definition) is 6. The zero-order valence-corrected chi connectivity index (χ0v) is 11.9. The second-order valence-corrected chi connectivity index (χ2v) is 6.23. The zero-order chi connectivity index (χ0) is 14.7. The maximum atomic E-state index is 12.4. The van der Waals surface area contributed by atoms with E-state index in [0.717, 1.165) is 0 Å². The molecule has 0 atom stereocenters. The summed E-state index contributed by atoms with van der Waals surface area (Å²) in [6, 6.07) is -0.893. The summed E-state index contributed by atoms with van der Waals surface area (Å²) in [5.74, 6) is -1.64. The average Bonchev–Trinajstić information content (AvgIpc) is 2.26. The van der Waals surface area contributed by atoms with Crippen molar-refractivity contribution in [1.82, 2.24) is 10.6 Å². The first-order valence-corrected chi connectivity index (χ1v) is 7.55. The highest BCUT2D eigenvalue weighted by Gasteiger charge is 2.51. The molecule has 0 bridgehead atoms. The molecule has 1 rings (SSSR count). The van der Waals surface area contributed by atoms with Crippen molar-refractivity contribution in [3.8, 4) is 0 Å². The first kappa shape index (κ1) is 15.8. The van der Waals surface area contributed by atoms with Crippen LogP contribution < -0.4 is 10.6 Å². The van der Waals surface area contributed by atoms with Gasteiger partial charge in [-0.15, -0.1) is 0 Å². The molecule has 108 valence electrons. The van der Waals surface area contributed by atoms with E-state index in [2.05, 4.69) is 0 Å². The van der Waals surface area contributed by atoms with Gasteiger partial charge in [0, 0.05) is 0 Å². The van der Waals surface area contributed by atoms with Crippen molar-refractivity contribution in [2.24, 2.45) is 5.41 Å². The van der Waals surface area contributed by atoms with E-state index in [1.54, 1.807) is 13.8 Å². The molecule has 4 amide bonds. The van der Waals surface area contributed by atoms with Gasteiger partial charge in [0.05, 0.1) is 19.4 Å². The number of amides is 4. The van der Waals surface area contributed by atoms with Crippen LogP contribution in [0, 0.1) is 5.41 Å². The Hall–Kier alpha value is -1.24. The zero-order valence-electron chi connectivity index (χ0n) is 11.0. The van der Waals surface area contributed by atoms with Crippen molar-refractivity contribution < 1.29 is 28.0 Å². The van der Waals surface area contributed by atoms with Gasteiger partial charge in [-0.05, 0) is 20.8 Å². The van der Waals surface area contributed by atoms with E-state index in [0.29, 0.717) is 0 Å². The van der Waals surface area contributed by atoms with E-state index < -0.39 is 37.0 Å². The molecule has 0 unspecified atom stereocenters. The summed E-state index contributed by atoms with van der Waals surface area (Å²) in [7, 11) is -3.58. The van der Waals surface area contributed by atoms with Crippen LogP contribution in [0.15, 0.2) is 0 Å². The lowest BCUT2D eigenvalue weighted by Gasteiger charge is -2.32. The van der Waals surface area contributed by atoms with Crippen molar-refractivity contribution in [2.75, 3.05) is 19.4 Å². The third-order valence-electron chi connectivity index (χ3n) is 2.62. The highest BCUT2D eigenvalue weighted by molar-refractivity contribution is 7.54. The third-order valence-corrected chi connectivity index (χ3v) is 4.94. The lowest BCUT2D eigenvalue weighted by atomic mass is 9.89. The van der Waals surface area contributed by atoms with E-state index in [-0.39, 0.29) is 13.2 Å². The van der Waals surface area contributed by atoms with Crippen LogP contribution in [0.4, 0.5) is 4.79 Å². The van der Waals surface area contributed by atoms with Crippen LogP contribution in [-0.4, -0.2) is 37.2 Å². The molecule has 1 aliphatic heterocycles. The Labute approximate surface area is 110 Å². The average molecular weight is 292 g/mol. The normalized spacial score (nSPS) is 19.0. The standard InChI is InChI=1S/C10H17N2O6P/c1-4-17-19(16,18-5-2)6-10(3)7(13)11-9(15)12-8(10)14/h4-6H2,1-3H3,(H2,11,12,13,14,15). The summed E-state index contributed by atoms with van der Waals surface area (Å²) in [6.07, 6.45) is -0.424. The first-order chi connectivity index (χ1) is 8.77. The van der Waals surface area contributed by atoms with Crippen LogP contribution in [0.3, 0.4) is 0 Å². The topological polar surface area (TPSA) is 111 Å². The second kappa shape index (κ2) is 5.81. The Morgan fingerprint density at radius 3 is 1.84 bits per heavy atom. The molecular formula is C10H17N2O6P. The molecule has 1 fully saturated rings. The van der Waals surface area contributed by atoms with E-state index in [9.17, 15) is 18.9 Å². The maximum Gasteiger partial charge on any atom is 0.332 e. The van der Waals surface area contributed by atoms with Gasteiger partial charge in [-0.1, -0.05) is 0 Å². The molecule has 0 aliphatic carbocycles.